The van der Waals surface area contributed by atoms with Crippen LogP contribution in [-0.2, 0) is 18.5 Å². The summed E-state index contributed by atoms with van der Waals surface area (Å²) in [6.45, 7) is 19.1. The summed E-state index contributed by atoms with van der Waals surface area (Å²) in [6.07, 6.45) is 0.0749. The zero-order valence-electron chi connectivity index (χ0n) is 19.8. The molecule has 1 amide bonds. The van der Waals surface area contributed by atoms with Crippen molar-refractivity contribution in [3.8, 4) is 0 Å². The van der Waals surface area contributed by atoms with Gasteiger partial charge < -0.3 is 18.6 Å². The van der Waals surface area contributed by atoms with Gasteiger partial charge in [0, 0.05) is 0 Å². The van der Waals surface area contributed by atoms with Gasteiger partial charge in [-0.1, -0.05) is 26.8 Å². The molecule has 0 aliphatic carbocycles. The molecule has 2 heterocycles. The van der Waals surface area contributed by atoms with Crippen molar-refractivity contribution < 1.29 is 22.9 Å². The molecule has 0 radical (unpaired) electrons. The number of halogens is 1. The quantitative estimate of drug-likeness (QED) is 0.664. The largest absolute Gasteiger partial charge is 0.494 e. The summed E-state index contributed by atoms with van der Waals surface area (Å²) in [5, 5.41) is 0.0548. The number of hydrogen-bond donors (Lipinski definition) is 0. The van der Waals surface area contributed by atoms with Crippen LogP contribution in [0, 0.1) is 5.82 Å². The van der Waals surface area contributed by atoms with E-state index in [2.05, 4.69) is 33.9 Å². The van der Waals surface area contributed by atoms with Crippen LogP contribution in [0.4, 0.5) is 10.1 Å². The molecule has 166 valence electrons. The monoisotopic (exact) mass is 435 g/mol. The van der Waals surface area contributed by atoms with Gasteiger partial charge in [-0.3, -0.25) is 4.79 Å². The van der Waals surface area contributed by atoms with Crippen LogP contribution in [0.2, 0.25) is 18.1 Å². The van der Waals surface area contributed by atoms with Gasteiger partial charge >= 0.3 is 7.12 Å². The highest BCUT2D eigenvalue weighted by atomic mass is 28.4. The van der Waals surface area contributed by atoms with Gasteiger partial charge in [0.15, 0.2) is 8.32 Å². The van der Waals surface area contributed by atoms with Crippen LogP contribution in [0.5, 0.6) is 0 Å². The Kier molecular flexibility index (Phi) is 5.81. The summed E-state index contributed by atoms with van der Waals surface area (Å²) < 4.78 is 33.4. The van der Waals surface area contributed by atoms with Crippen LogP contribution in [0.25, 0.3) is 0 Å². The molecule has 2 aliphatic rings. The Morgan fingerprint density at radius 1 is 1.17 bits per heavy atom. The molecule has 2 aliphatic heterocycles. The third kappa shape index (κ3) is 4.24. The average molecular weight is 435 g/mol. The highest BCUT2D eigenvalue weighted by Gasteiger charge is 2.52. The Morgan fingerprint density at radius 2 is 1.73 bits per heavy atom. The molecule has 1 aromatic rings. The van der Waals surface area contributed by atoms with Crippen molar-refractivity contribution in [3.63, 3.8) is 0 Å². The van der Waals surface area contributed by atoms with Crippen molar-refractivity contribution in [1.82, 2.24) is 0 Å². The fourth-order valence-electron chi connectivity index (χ4n) is 3.45. The highest BCUT2D eigenvalue weighted by molar-refractivity contribution is 6.74. The van der Waals surface area contributed by atoms with Crippen LogP contribution >= 0.6 is 0 Å². The molecule has 1 aromatic carbocycles. The van der Waals surface area contributed by atoms with Crippen LogP contribution in [0.15, 0.2) is 18.2 Å². The predicted octanol–water partition coefficient (Wildman–Crippen LogP) is 4.25. The predicted molar refractivity (Wildman–Crippen MR) is 121 cm³/mol. The Labute approximate surface area is 181 Å². The summed E-state index contributed by atoms with van der Waals surface area (Å²) in [4.78, 5) is 14.1. The topological polar surface area (TPSA) is 48.0 Å². The lowest BCUT2D eigenvalue weighted by molar-refractivity contribution is -0.117. The molecule has 5 nitrogen and oxygen atoms in total. The van der Waals surface area contributed by atoms with Crippen LogP contribution < -0.4 is 10.4 Å². The minimum atomic E-state index is -2.00. The standard InChI is InChI=1S/C22H35BFNO4Si/c1-20(2,3)30(8,9)27-16-13-19(26)25(14-16)18-11-10-15(12-17(18)24)23-28-21(4,5)22(6,7)29-23/h10-12,16H,13-14H2,1-9H3/t16-/m1/s1. The van der Waals surface area contributed by atoms with Crippen molar-refractivity contribution >= 4 is 32.5 Å². The first kappa shape index (κ1) is 23.4. The highest BCUT2D eigenvalue weighted by Crippen LogP contribution is 2.39. The molecular formula is C22H35BFNO4Si. The molecule has 1 atom stereocenters. The van der Waals surface area contributed by atoms with Crippen molar-refractivity contribution in [2.24, 2.45) is 0 Å². The number of hydrogen-bond acceptors (Lipinski definition) is 4. The number of nitrogens with zero attached hydrogens (tertiary/aromatic N) is 1. The van der Waals surface area contributed by atoms with Gasteiger partial charge in [0.25, 0.3) is 0 Å². The van der Waals surface area contributed by atoms with E-state index in [1.807, 2.05) is 27.7 Å². The van der Waals surface area contributed by atoms with Gasteiger partial charge in [-0.25, -0.2) is 4.39 Å². The molecule has 0 bridgehead atoms. The van der Waals surface area contributed by atoms with E-state index in [-0.39, 0.29) is 29.2 Å². The van der Waals surface area contributed by atoms with E-state index >= 15 is 4.39 Å². The first-order chi connectivity index (χ1) is 13.5. The molecule has 0 saturated carbocycles. The van der Waals surface area contributed by atoms with Gasteiger partial charge in [0.2, 0.25) is 5.91 Å². The number of carbonyl (C=O) groups is 1. The normalized spacial score (nSPS) is 24.1. The van der Waals surface area contributed by atoms with Crippen LogP contribution in [-0.4, -0.2) is 45.2 Å². The molecule has 30 heavy (non-hydrogen) atoms. The van der Waals surface area contributed by atoms with Gasteiger partial charge in [0.05, 0.1) is 36.0 Å². The molecule has 2 fully saturated rings. The summed E-state index contributed by atoms with van der Waals surface area (Å²) >= 11 is 0. The molecule has 8 heteroatoms. The molecule has 0 unspecified atom stereocenters. The van der Waals surface area contributed by atoms with E-state index < -0.39 is 32.5 Å². The van der Waals surface area contributed by atoms with E-state index in [0.29, 0.717) is 12.0 Å². The summed E-state index contributed by atoms with van der Waals surface area (Å²) in [5.41, 5.74) is -0.102. The maximum atomic E-state index is 15.0. The van der Waals surface area contributed by atoms with Gasteiger partial charge in [-0.2, -0.15) is 0 Å². The number of amides is 1. The Morgan fingerprint density at radius 3 is 2.23 bits per heavy atom. The summed E-state index contributed by atoms with van der Waals surface area (Å²) in [6, 6.07) is 4.82. The first-order valence-corrected chi connectivity index (χ1v) is 13.6. The second-order valence-corrected chi connectivity index (χ2v) is 15.8. The second-order valence-electron chi connectivity index (χ2n) is 11.0. The molecular weight excluding hydrogens is 400 g/mol. The van der Waals surface area contributed by atoms with Gasteiger partial charge in [0.1, 0.15) is 5.82 Å². The zero-order chi connectivity index (χ0) is 22.7. The number of carbonyl (C=O) groups excluding carboxylic acids is 1. The fourth-order valence-corrected chi connectivity index (χ4v) is 4.79. The molecule has 0 spiro atoms. The Bertz CT molecular complexity index is 821. The van der Waals surface area contributed by atoms with Crippen molar-refractivity contribution in [3.05, 3.63) is 24.0 Å². The van der Waals surface area contributed by atoms with E-state index in [9.17, 15) is 4.79 Å². The van der Waals surface area contributed by atoms with E-state index in [1.165, 1.54) is 11.0 Å². The maximum absolute atomic E-state index is 15.0. The fraction of sp³-hybridized carbons (Fsp3) is 0.682. The number of benzene rings is 1. The van der Waals surface area contributed by atoms with Gasteiger partial charge in [-0.15, -0.1) is 0 Å². The maximum Gasteiger partial charge on any atom is 0.494 e. The van der Waals surface area contributed by atoms with Crippen molar-refractivity contribution in [2.75, 3.05) is 11.4 Å². The van der Waals surface area contributed by atoms with E-state index in [1.54, 1.807) is 12.1 Å². The molecule has 0 aromatic heterocycles. The second kappa shape index (κ2) is 7.43. The lowest BCUT2D eigenvalue weighted by atomic mass is 9.79. The third-order valence-electron chi connectivity index (χ3n) is 7.14. The summed E-state index contributed by atoms with van der Waals surface area (Å²) in [5.74, 6) is -0.565. The average Bonchev–Trinajstić information content (AvgIpc) is 3.01. The SMILES string of the molecule is CC1(C)OB(c2ccc(N3C[C@H](O[Si](C)(C)C(C)(C)C)CC3=O)c(F)c2)OC1(C)C. The third-order valence-corrected chi connectivity index (χ3v) is 11.7. The smallest absolute Gasteiger partial charge is 0.412 e. The van der Waals surface area contributed by atoms with Crippen LogP contribution in [0.3, 0.4) is 0 Å². The molecule has 0 N–H and O–H groups in total. The molecule has 2 saturated heterocycles. The zero-order valence-corrected chi connectivity index (χ0v) is 20.8. The minimum Gasteiger partial charge on any atom is -0.412 e. The van der Waals surface area contributed by atoms with Gasteiger partial charge in [-0.05, 0) is 63.4 Å². The summed E-state index contributed by atoms with van der Waals surface area (Å²) in [7, 11) is -2.64. The van der Waals surface area contributed by atoms with Crippen molar-refractivity contribution in [1.29, 1.82) is 0 Å². The Balaban J connectivity index is 1.75. The Hall–Kier alpha value is -1.22. The van der Waals surface area contributed by atoms with E-state index in [0.717, 1.165) is 0 Å². The lowest BCUT2D eigenvalue weighted by Crippen LogP contribution is -2.44. The van der Waals surface area contributed by atoms with Crippen molar-refractivity contribution in [2.45, 2.75) is 90.3 Å². The lowest BCUT2D eigenvalue weighted by Gasteiger charge is -2.38. The molecule has 3 rings (SSSR count). The van der Waals surface area contributed by atoms with Crippen LogP contribution in [0.1, 0.15) is 54.9 Å². The first-order valence-electron chi connectivity index (χ1n) is 10.7. The number of anilines is 1. The minimum absolute atomic E-state index is 0.0548. The van der Waals surface area contributed by atoms with E-state index in [4.69, 9.17) is 13.7 Å². The number of rotatable bonds is 4.